The van der Waals surface area contributed by atoms with Crippen LogP contribution < -0.4 is 5.32 Å². The van der Waals surface area contributed by atoms with Gasteiger partial charge in [-0.05, 0) is 35.9 Å². The monoisotopic (exact) mass is 261 g/mol. The van der Waals surface area contributed by atoms with Crippen molar-refractivity contribution < 1.29 is 5.11 Å². The molecular weight excluding hydrogens is 242 g/mol. The third-order valence-electron chi connectivity index (χ3n) is 3.00. The van der Waals surface area contributed by atoms with Crippen LogP contribution in [0.15, 0.2) is 41.8 Å². The number of aliphatic hydroxyl groups excluding tert-OH is 1. The van der Waals surface area contributed by atoms with Gasteiger partial charge in [-0.15, -0.1) is 11.3 Å². The van der Waals surface area contributed by atoms with Crippen LogP contribution >= 0.6 is 11.3 Å². The van der Waals surface area contributed by atoms with E-state index in [0.29, 0.717) is 12.6 Å². The minimum Gasteiger partial charge on any atom is -0.395 e. The lowest BCUT2D eigenvalue weighted by Crippen LogP contribution is -2.26. The van der Waals surface area contributed by atoms with Gasteiger partial charge in [0.1, 0.15) is 0 Å². The summed E-state index contributed by atoms with van der Waals surface area (Å²) < 4.78 is 0. The molecule has 0 radical (unpaired) electrons. The molecule has 1 aromatic carbocycles. The Labute approximate surface area is 112 Å². The summed E-state index contributed by atoms with van der Waals surface area (Å²) in [6.07, 6.45) is 0.961. The Morgan fingerprint density at radius 2 is 2.00 bits per heavy atom. The topological polar surface area (TPSA) is 32.3 Å². The van der Waals surface area contributed by atoms with Crippen LogP contribution in [0.25, 0.3) is 0 Å². The predicted octanol–water partition coefficient (Wildman–Crippen LogP) is 2.92. The third kappa shape index (κ3) is 3.42. The van der Waals surface area contributed by atoms with Crippen LogP contribution in [-0.2, 0) is 6.42 Å². The average molecular weight is 261 g/mol. The zero-order valence-corrected chi connectivity index (χ0v) is 11.4. The standard InChI is InChI=1S/C15H19NOS/c1-12-7-10-18-15(12)14(16-8-9-17)11-13-5-3-2-4-6-13/h2-7,10,14,16-17H,8-9,11H2,1H3. The first-order valence-corrected chi connectivity index (χ1v) is 7.11. The Hall–Kier alpha value is -1.16. The smallest absolute Gasteiger partial charge is 0.0556 e. The van der Waals surface area contributed by atoms with Crippen LogP contribution in [0.4, 0.5) is 0 Å². The van der Waals surface area contributed by atoms with E-state index < -0.39 is 0 Å². The fraction of sp³-hybridized carbons (Fsp3) is 0.333. The number of benzene rings is 1. The van der Waals surface area contributed by atoms with Crippen molar-refractivity contribution in [3.63, 3.8) is 0 Å². The number of aliphatic hydroxyl groups is 1. The maximum Gasteiger partial charge on any atom is 0.0556 e. The van der Waals surface area contributed by atoms with E-state index in [9.17, 15) is 0 Å². The molecular formula is C15H19NOS. The number of aryl methyl sites for hydroxylation is 1. The Morgan fingerprint density at radius 1 is 1.22 bits per heavy atom. The van der Waals surface area contributed by atoms with Gasteiger partial charge < -0.3 is 10.4 Å². The summed E-state index contributed by atoms with van der Waals surface area (Å²) in [4.78, 5) is 1.37. The van der Waals surface area contributed by atoms with E-state index in [1.807, 2.05) is 6.07 Å². The van der Waals surface area contributed by atoms with E-state index in [0.717, 1.165) is 6.42 Å². The van der Waals surface area contributed by atoms with Gasteiger partial charge in [-0.3, -0.25) is 0 Å². The van der Waals surface area contributed by atoms with Crippen LogP contribution in [-0.4, -0.2) is 18.3 Å². The molecule has 0 bridgehead atoms. The molecule has 1 heterocycles. The molecule has 0 amide bonds. The molecule has 0 aliphatic heterocycles. The summed E-state index contributed by atoms with van der Waals surface area (Å²) in [5, 5.41) is 14.5. The second-order valence-electron chi connectivity index (χ2n) is 4.39. The number of hydrogen-bond acceptors (Lipinski definition) is 3. The first-order valence-electron chi connectivity index (χ1n) is 6.23. The van der Waals surface area contributed by atoms with Gasteiger partial charge >= 0.3 is 0 Å². The van der Waals surface area contributed by atoms with Crippen molar-refractivity contribution in [1.29, 1.82) is 0 Å². The molecule has 18 heavy (non-hydrogen) atoms. The van der Waals surface area contributed by atoms with Gasteiger partial charge in [0.05, 0.1) is 6.61 Å². The molecule has 3 heteroatoms. The van der Waals surface area contributed by atoms with Crippen LogP contribution in [0.1, 0.15) is 22.0 Å². The zero-order chi connectivity index (χ0) is 12.8. The van der Waals surface area contributed by atoms with Gasteiger partial charge in [0.2, 0.25) is 0 Å². The third-order valence-corrected chi connectivity index (χ3v) is 4.14. The fourth-order valence-corrected chi connectivity index (χ4v) is 3.09. The van der Waals surface area contributed by atoms with E-state index in [2.05, 4.69) is 48.0 Å². The summed E-state index contributed by atoms with van der Waals surface area (Å²) in [6.45, 7) is 2.95. The molecule has 1 aromatic heterocycles. The first-order chi connectivity index (χ1) is 8.81. The van der Waals surface area contributed by atoms with Crippen molar-refractivity contribution in [2.75, 3.05) is 13.2 Å². The zero-order valence-electron chi connectivity index (χ0n) is 10.6. The van der Waals surface area contributed by atoms with Crippen LogP contribution in [0.5, 0.6) is 0 Å². The molecule has 2 aromatic rings. The molecule has 0 spiro atoms. The van der Waals surface area contributed by atoms with Crippen LogP contribution in [0.2, 0.25) is 0 Å². The molecule has 2 N–H and O–H groups in total. The number of nitrogens with one attached hydrogen (secondary N) is 1. The van der Waals surface area contributed by atoms with Gasteiger partial charge in [0.25, 0.3) is 0 Å². The molecule has 0 fully saturated rings. The quantitative estimate of drug-likeness (QED) is 0.838. The average Bonchev–Trinajstić information content (AvgIpc) is 2.82. The second-order valence-corrected chi connectivity index (χ2v) is 5.34. The lowest BCUT2D eigenvalue weighted by Gasteiger charge is -2.18. The second kappa shape index (κ2) is 6.69. The Bertz CT molecular complexity index is 466. The predicted molar refractivity (Wildman–Crippen MR) is 77.0 cm³/mol. The van der Waals surface area contributed by atoms with Crippen LogP contribution in [0.3, 0.4) is 0 Å². The SMILES string of the molecule is Cc1ccsc1C(Cc1ccccc1)NCCO. The van der Waals surface area contributed by atoms with E-state index in [1.165, 1.54) is 16.0 Å². The van der Waals surface area contributed by atoms with Crippen molar-refractivity contribution in [2.24, 2.45) is 0 Å². The Kier molecular flexibility index (Phi) is 4.93. The van der Waals surface area contributed by atoms with Gasteiger partial charge in [0.15, 0.2) is 0 Å². The highest BCUT2D eigenvalue weighted by molar-refractivity contribution is 7.10. The molecule has 0 saturated carbocycles. The van der Waals surface area contributed by atoms with Crippen LogP contribution in [0, 0.1) is 6.92 Å². The van der Waals surface area contributed by atoms with E-state index in [-0.39, 0.29) is 6.61 Å². The maximum atomic E-state index is 8.99. The van der Waals surface area contributed by atoms with Gasteiger partial charge in [0, 0.05) is 17.5 Å². The lowest BCUT2D eigenvalue weighted by atomic mass is 10.0. The molecule has 96 valence electrons. The molecule has 2 rings (SSSR count). The van der Waals surface area contributed by atoms with E-state index in [1.54, 1.807) is 11.3 Å². The number of hydrogen-bond donors (Lipinski definition) is 2. The Balaban J connectivity index is 2.13. The molecule has 0 aliphatic carbocycles. The van der Waals surface area contributed by atoms with Crippen molar-refractivity contribution in [1.82, 2.24) is 5.32 Å². The minimum absolute atomic E-state index is 0.176. The lowest BCUT2D eigenvalue weighted by molar-refractivity contribution is 0.284. The largest absolute Gasteiger partial charge is 0.395 e. The highest BCUT2D eigenvalue weighted by atomic mass is 32.1. The summed E-state index contributed by atoms with van der Waals surface area (Å²) in [5.74, 6) is 0. The fourth-order valence-electron chi connectivity index (χ4n) is 2.09. The van der Waals surface area contributed by atoms with Crippen molar-refractivity contribution in [3.8, 4) is 0 Å². The van der Waals surface area contributed by atoms with E-state index >= 15 is 0 Å². The minimum atomic E-state index is 0.176. The highest BCUT2D eigenvalue weighted by Gasteiger charge is 2.14. The highest BCUT2D eigenvalue weighted by Crippen LogP contribution is 2.26. The molecule has 1 unspecified atom stereocenters. The van der Waals surface area contributed by atoms with Crippen molar-refractivity contribution in [3.05, 3.63) is 57.8 Å². The molecule has 2 nitrogen and oxygen atoms in total. The summed E-state index contributed by atoms with van der Waals surface area (Å²) >= 11 is 1.78. The van der Waals surface area contributed by atoms with Gasteiger partial charge in [-0.25, -0.2) is 0 Å². The summed E-state index contributed by atoms with van der Waals surface area (Å²) in [7, 11) is 0. The Morgan fingerprint density at radius 3 is 2.61 bits per heavy atom. The van der Waals surface area contributed by atoms with Crippen molar-refractivity contribution >= 4 is 11.3 Å². The molecule has 1 atom stereocenters. The number of rotatable bonds is 6. The molecule has 0 aliphatic rings. The van der Waals surface area contributed by atoms with Crippen molar-refractivity contribution in [2.45, 2.75) is 19.4 Å². The van der Waals surface area contributed by atoms with Gasteiger partial charge in [-0.2, -0.15) is 0 Å². The van der Waals surface area contributed by atoms with E-state index in [4.69, 9.17) is 5.11 Å². The maximum absolute atomic E-state index is 8.99. The van der Waals surface area contributed by atoms with Gasteiger partial charge in [-0.1, -0.05) is 30.3 Å². The summed E-state index contributed by atoms with van der Waals surface area (Å²) in [5.41, 5.74) is 2.65. The summed E-state index contributed by atoms with van der Waals surface area (Å²) in [6, 6.07) is 12.9. The first kappa shape index (κ1) is 13.3. The molecule has 0 saturated heterocycles. The number of thiophene rings is 1. The normalized spacial score (nSPS) is 12.6.